The van der Waals surface area contributed by atoms with Gasteiger partial charge in [-0.25, -0.2) is 13.0 Å². The van der Waals surface area contributed by atoms with Crippen molar-refractivity contribution in [3.63, 3.8) is 0 Å². The minimum absolute atomic E-state index is 0.234. The van der Waals surface area contributed by atoms with E-state index in [1.165, 1.54) is 0 Å². The first kappa shape index (κ1) is 14.2. The van der Waals surface area contributed by atoms with Crippen molar-refractivity contribution in [1.29, 1.82) is 0 Å². The summed E-state index contributed by atoms with van der Waals surface area (Å²) in [5.41, 5.74) is 2.72. The number of anilines is 1. The van der Waals surface area contributed by atoms with Crippen molar-refractivity contribution in [2.45, 2.75) is 6.42 Å². The number of hydrogen-bond donors (Lipinski definition) is 1. The molecule has 6 nitrogen and oxygen atoms in total. The lowest BCUT2D eigenvalue weighted by Gasteiger charge is -2.10. The second-order valence-corrected chi connectivity index (χ2v) is 7.20. The van der Waals surface area contributed by atoms with Gasteiger partial charge in [-0.15, -0.1) is 0 Å². The number of benzene rings is 2. The van der Waals surface area contributed by atoms with Gasteiger partial charge in [0.2, 0.25) is 0 Å². The summed E-state index contributed by atoms with van der Waals surface area (Å²) in [6, 6.07) is 10.2. The van der Waals surface area contributed by atoms with Gasteiger partial charge in [-0.3, -0.25) is 4.72 Å². The highest BCUT2D eigenvalue weighted by Gasteiger charge is 2.26. The first-order valence-corrected chi connectivity index (χ1v) is 8.64. The Morgan fingerprint density at radius 1 is 1.17 bits per heavy atom. The van der Waals surface area contributed by atoms with Crippen LogP contribution in [0, 0.1) is 0 Å². The zero-order valence-corrected chi connectivity index (χ0v) is 13.2. The van der Waals surface area contributed by atoms with Crippen LogP contribution in [0.3, 0.4) is 0 Å². The van der Waals surface area contributed by atoms with E-state index in [0.29, 0.717) is 33.7 Å². The minimum atomic E-state index is -3.75. The molecule has 8 heteroatoms. The summed E-state index contributed by atoms with van der Waals surface area (Å²) < 4.78 is 32.7. The van der Waals surface area contributed by atoms with Crippen molar-refractivity contribution in [2.24, 2.45) is 0 Å². The predicted octanol–water partition coefficient (Wildman–Crippen LogP) is 3.22. The van der Waals surface area contributed by atoms with E-state index in [9.17, 15) is 8.42 Å². The second kappa shape index (κ2) is 5.07. The van der Waals surface area contributed by atoms with Gasteiger partial charge in [-0.2, -0.15) is 0 Å². The molecule has 0 amide bonds. The van der Waals surface area contributed by atoms with Crippen LogP contribution in [0.5, 0.6) is 0 Å². The summed E-state index contributed by atoms with van der Waals surface area (Å²) in [4.78, 5) is 0.234. The number of allylic oxidation sites excluding steroid dienone is 1. The van der Waals surface area contributed by atoms with Gasteiger partial charge in [0.05, 0.1) is 10.6 Å². The third kappa shape index (κ3) is 2.38. The molecule has 116 valence electrons. The van der Waals surface area contributed by atoms with Gasteiger partial charge in [-0.05, 0) is 52.1 Å². The van der Waals surface area contributed by atoms with Crippen LogP contribution in [0.15, 0.2) is 47.1 Å². The van der Waals surface area contributed by atoms with Crippen LogP contribution >= 0.6 is 11.6 Å². The molecule has 1 heterocycles. The molecular formula is C15H10ClN3O3S. The molecule has 3 aromatic rings. The molecule has 0 bridgehead atoms. The molecule has 2 aromatic carbocycles. The SMILES string of the molecule is O=S(=O)(Nc1cccc2nonc12)C1=CCc2cc(Cl)ccc21. The van der Waals surface area contributed by atoms with Crippen molar-refractivity contribution in [3.8, 4) is 0 Å². The van der Waals surface area contributed by atoms with E-state index >= 15 is 0 Å². The summed E-state index contributed by atoms with van der Waals surface area (Å²) in [5, 5.41) is 8.02. The second-order valence-electron chi connectivity index (χ2n) is 5.12. The van der Waals surface area contributed by atoms with E-state index in [0.717, 1.165) is 5.56 Å². The average Bonchev–Trinajstić information content (AvgIpc) is 3.13. The van der Waals surface area contributed by atoms with Crippen LogP contribution in [-0.2, 0) is 16.4 Å². The summed E-state index contributed by atoms with van der Waals surface area (Å²) in [6.45, 7) is 0. The van der Waals surface area contributed by atoms with Crippen LogP contribution in [-0.4, -0.2) is 18.7 Å². The number of nitrogens with zero attached hydrogens (tertiary/aromatic N) is 2. The first-order valence-electron chi connectivity index (χ1n) is 6.78. The maximum absolute atomic E-state index is 12.7. The monoisotopic (exact) mass is 347 g/mol. The number of fused-ring (bicyclic) bond motifs is 2. The predicted molar refractivity (Wildman–Crippen MR) is 87.5 cm³/mol. The Bertz CT molecular complexity index is 1060. The van der Waals surface area contributed by atoms with E-state index < -0.39 is 10.0 Å². The van der Waals surface area contributed by atoms with E-state index in [1.54, 1.807) is 42.5 Å². The van der Waals surface area contributed by atoms with E-state index in [4.69, 9.17) is 11.6 Å². The molecule has 1 N–H and O–H groups in total. The Morgan fingerprint density at radius 2 is 2.04 bits per heavy atom. The highest BCUT2D eigenvalue weighted by Crippen LogP contribution is 2.34. The number of halogens is 1. The summed E-state index contributed by atoms with van der Waals surface area (Å²) in [6.07, 6.45) is 2.20. The molecule has 0 spiro atoms. The van der Waals surface area contributed by atoms with Gasteiger partial charge in [-0.1, -0.05) is 29.8 Å². The number of sulfonamides is 1. The average molecular weight is 348 g/mol. The Hall–Kier alpha value is -2.38. The van der Waals surface area contributed by atoms with Gasteiger partial charge in [0.1, 0.15) is 5.52 Å². The standard InChI is InChI=1S/C15H10ClN3O3S/c16-10-5-6-11-9(8-10)4-7-14(11)23(20,21)19-13-3-1-2-12-15(13)18-22-17-12/h1-3,5-8,19H,4H2. The molecule has 0 radical (unpaired) electrons. The zero-order valence-electron chi connectivity index (χ0n) is 11.7. The quantitative estimate of drug-likeness (QED) is 0.786. The lowest BCUT2D eigenvalue weighted by molar-refractivity contribution is 0.315. The molecule has 0 fully saturated rings. The van der Waals surface area contributed by atoms with E-state index in [1.807, 2.05) is 0 Å². The number of hydrogen-bond acceptors (Lipinski definition) is 5. The lowest BCUT2D eigenvalue weighted by Crippen LogP contribution is -2.14. The van der Waals surface area contributed by atoms with Gasteiger partial charge < -0.3 is 0 Å². The Kier molecular flexibility index (Phi) is 3.14. The Balaban J connectivity index is 1.74. The molecule has 1 aliphatic rings. The topological polar surface area (TPSA) is 85.1 Å². The smallest absolute Gasteiger partial charge is 0.262 e. The number of nitrogens with one attached hydrogen (secondary N) is 1. The summed E-state index contributed by atoms with van der Waals surface area (Å²) in [7, 11) is -3.75. The maximum atomic E-state index is 12.7. The molecule has 0 atom stereocenters. The minimum Gasteiger partial charge on any atom is -0.277 e. The zero-order chi connectivity index (χ0) is 16.0. The summed E-state index contributed by atoms with van der Waals surface area (Å²) in [5.74, 6) is 0. The van der Waals surface area contributed by atoms with Crippen molar-refractivity contribution in [1.82, 2.24) is 10.3 Å². The molecule has 0 unspecified atom stereocenters. The molecule has 0 saturated heterocycles. The van der Waals surface area contributed by atoms with Gasteiger partial charge >= 0.3 is 0 Å². The van der Waals surface area contributed by atoms with Crippen molar-refractivity contribution >= 4 is 43.3 Å². The molecule has 0 saturated carbocycles. The number of aromatic nitrogens is 2. The molecular weight excluding hydrogens is 338 g/mol. The van der Waals surface area contributed by atoms with E-state index in [-0.39, 0.29) is 4.91 Å². The van der Waals surface area contributed by atoms with Gasteiger partial charge in [0.15, 0.2) is 5.52 Å². The van der Waals surface area contributed by atoms with Crippen LogP contribution in [0.1, 0.15) is 11.1 Å². The highest BCUT2D eigenvalue weighted by molar-refractivity contribution is 8.01. The van der Waals surface area contributed by atoms with Crippen LogP contribution in [0.4, 0.5) is 5.69 Å². The maximum Gasteiger partial charge on any atom is 0.262 e. The Morgan fingerprint density at radius 3 is 2.91 bits per heavy atom. The third-order valence-corrected chi connectivity index (χ3v) is 5.35. The fourth-order valence-electron chi connectivity index (χ4n) is 2.63. The van der Waals surface area contributed by atoms with Crippen LogP contribution < -0.4 is 4.72 Å². The molecule has 0 aliphatic heterocycles. The van der Waals surface area contributed by atoms with Gasteiger partial charge in [0, 0.05) is 5.02 Å². The van der Waals surface area contributed by atoms with Crippen molar-refractivity contribution in [3.05, 3.63) is 58.6 Å². The van der Waals surface area contributed by atoms with Crippen LogP contribution in [0.25, 0.3) is 15.9 Å². The largest absolute Gasteiger partial charge is 0.277 e. The fraction of sp³-hybridized carbons (Fsp3) is 0.0667. The molecule has 4 rings (SSSR count). The van der Waals surface area contributed by atoms with E-state index in [2.05, 4.69) is 19.7 Å². The van der Waals surface area contributed by atoms with Crippen molar-refractivity contribution in [2.75, 3.05) is 4.72 Å². The fourth-order valence-corrected chi connectivity index (χ4v) is 4.18. The molecule has 23 heavy (non-hydrogen) atoms. The van der Waals surface area contributed by atoms with Gasteiger partial charge in [0.25, 0.3) is 10.0 Å². The first-order chi connectivity index (χ1) is 11.0. The third-order valence-electron chi connectivity index (χ3n) is 3.66. The van der Waals surface area contributed by atoms with Crippen molar-refractivity contribution < 1.29 is 13.0 Å². The normalized spacial score (nSPS) is 13.9. The summed E-state index contributed by atoms with van der Waals surface area (Å²) >= 11 is 5.95. The highest BCUT2D eigenvalue weighted by atomic mass is 35.5. The Labute approximate surface area is 136 Å². The number of rotatable bonds is 3. The molecule has 1 aromatic heterocycles. The lowest BCUT2D eigenvalue weighted by atomic mass is 10.1. The molecule has 1 aliphatic carbocycles. The van der Waals surface area contributed by atoms with Crippen LogP contribution in [0.2, 0.25) is 5.02 Å².